The number of anilines is 1. The summed E-state index contributed by atoms with van der Waals surface area (Å²) in [6.07, 6.45) is -9.84. The largest absolute Gasteiger partial charge is 0.416 e. The number of hydrogen-bond acceptors (Lipinski definition) is 2. The molecule has 142 valence electrons. The van der Waals surface area contributed by atoms with Gasteiger partial charge in [-0.3, -0.25) is 4.72 Å². The van der Waals surface area contributed by atoms with Crippen molar-refractivity contribution < 1.29 is 39.2 Å². The van der Waals surface area contributed by atoms with Crippen molar-refractivity contribution in [1.29, 1.82) is 0 Å². The summed E-state index contributed by atoms with van der Waals surface area (Å²) < 4.78 is 115. The lowest BCUT2D eigenvalue weighted by Gasteiger charge is -2.14. The van der Waals surface area contributed by atoms with Gasteiger partial charge in [0.2, 0.25) is 0 Å². The van der Waals surface area contributed by atoms with E-state index in [0.717, 1.165) is 0 Å². The van der Waals surface area contributed by atoms with Crippen LogP contribution in [0.2, 0.25) is 5.02 Å². The number of sulfonamides is 1. The van der Waals surface area contributed by atoms with Crippen LogP contribution in [0.1, 0.15) is 11.1 Å². The summed E-state index contributed by atoms with van der Waals surface area (Å²) in [4.78, 5) is -1.02. The first-order chi connectivity index (χ1) is 11.7. The van der Waals surface area contributed by atoms with E-state index in [1.807, 2.05) is 0 Å². The molecule has 0 amide bonds. The van der Waals surface area contributed by atoms with Gasteiger partial charge in [0.1, 0.15) is 10.7 Å². The molecule has 0 radical (unpaired) electrons. The van der Waals surface area contributed by atoms with Gasteiger partial charge in [-0.25, -0.2) is 12.8 Å². The monoisotopic (exact) mass is 421 g/mol. The molecule has 2 aromatic rings. The summed E-state index contributed by atoms with van der Waals surface area (Å²) >= 11 is 5.59. The fourth-order valence-corrected chi connectivity index (χ4v) is 3.48. The van der Waals surface area contributed by atoms with E-state index in [1.165, 1.54) is 0 Å². The molecule has 0 unspecified atom stereocenters. The van der Waals surface area contributed by atoms with Crippen molar-refractivity contribution in [3.05, 3.63) is 58.4 Å². The lowest BCUT2D eigenvalue weighted by molar-refractivity contribution is -0.138. The molecule has 0 bridgehead atoms. The Morgan fingerprint density at radius 1 is 0.846 bits per heavy atom. The van der Waals surface area contributed by atoms with E-state index in [2.05, 4.69) is 0 Å². The molecule has 2 rings (SSSR count). The highest BCUT2D eigenvalue weighted by Crippen LogP contribution is 2.35. The molecule has 0 aliphatic rings. The smallest absolute Gasteiger partial charge is 0.279 e. The number of halogens is 8. The van der Waals surface area contributed by atoms with E-state index < -0.39 is 54.9 Å². The molecular weight excluding hydrogens is 415 g/mol. The van der Waals surface area contributed by atoms with Gasteiger partial charge < -0.3 is 0 Å². The lowest BCUT2D eigenvalue weighted by atomic mass is 10.2. The standard InChI is InChI=1S/C14H7ClF7NO2S/c15-11-2-1-7(13(17,18)19)5-12(11)26(24,25)23-10-4-8(14(20,21)22)3-9(16)6-10/h1-6,23H. The molecular formula is C14H7ClF7NO2S. The van der Waals surface area contributed by atoms with Crippen molar-refractivity contribution in [3.8, 4) is 0 Å². The third-order valence-corrected chi connectivity index (χ3v) is 4.89. The Hall–Kier alpha value is -2.01. The van der Waals surface area contributed by atoms with Crippen molar-refractivity contribution in [2.24, 2.45) is 0 Å². The van der Waals surface area contributed by atoms with Gasteiger partial charge in [-0.15, -0.1) is 0 Å². The van der Waals surface area contributed by atoms with Gasteiger partial charge >= 0.3 is 12.4 Å². The summed E-state index contributed by atoms with van der Waals surface area (Å²) in [5.74, 6) is -1.40. The van der Waals surface area contributed by atoms with Crippen molar-refractivity contribution in [2.75, 3.05) is 4.72 Å². The molecule has 0 saturated carbocycles. The van der Waals surface area contributed by atoms with Gasteiger partial charge in [0.15, 0.2) is 0 Å². The highest BCUT2D eigenvalue weighted by molar-refractivity contribution is 7.92. The van der Waals surface area contributed by atoms with Gasteiger partial charge in [-0.1, -0.05) is 11.6 Å². The molecule has 0 aromatic heterocycles. The zero-order chi connectivity index (χ0) is 19.9. The maximum atomic E-state index is 13.3. The fraction of sp³-hybridized carbons (Fsp3) is 0.143. The topological polar surface area (TPSA) is 46.2 Å². The van der Waals surface area contributed by atoms with Crippen LogP contribution in [-0.4, -0.2) is 8.42 Å². The average Bonchev–Trinajstić information content (AvgIpc) is 2.44. The minimum atomic E-state index is -4.96. The highest BCUT2D eigenvalue weighted by Gasteiger charge is 2.34. The van der Waals surface area contributed by atoms with Crippen molar-refractivity contribution in [3.63, 3.8) is 0 Å². The molecule has 1 N–H and O–H groups in total. The summed E-state index contributed by atoms with van der Waals surface area (Å²) in [5.41, 5.74) is -3.64. The minimum Gasteiger partial charge on any atom is -0.279 e. The second-order valence-electron chi connectivity index (χ2n) is 4.97. The Morgan fingerprint density at radius 3 is 1.96 bits per heavy atom. The normalized spacial score (nSPS) is 12.9. The van der Waals surface area contributed by atoms with Crippen LogP contribution in [0.4, 0.5) is 36.4 Å². The Balaban J connectivity index is 2.49. The van der Waals surface area contributed by atoms with E-state index in [9.17, 15) is 39.2 Å². The van der Waals surface area contributed by atoms with E-state index in [4.69, 9.17) is 11.6 Å². The Bertz CT molecular complexity index is 939. The Morgan fingerprint density at radius 2 is 1.42 bits per heavy atom. The molecule has 0 aliphatic heterocycles. The first-order valence-electron chi connectivity index (χ1n) is 6.47. The van der Waals surface area contributed by atoms with E-state index >= 15 is 0 Å². The molecule has 3 nitrogen and oxygen atoms in total. The summed E-state index contributed by atoms with van der Waals surface area (Å²) in [6, 6.07) is 2.29. The second kappa shape index (κ2) is 6.62. The van der Waals surface area contributed by atoms with Crippen LogP contribution in [0, 0.1) is 5.82 Å². The summed E-state index contributed by atoms with van der Waals surface area (Å²) in [5, 5.41) is -0.599. The fourth-order valence-electron chi connectivity index (χ4n) is 1.91. The predicted molar refractivity (Wildman–Crippen MR) is 78.7 cm³/mol. The molecule has 0 fully saturated rings. The summed E-state index contributed by atoms with van der Waals surface area (Å²) in [7, 11) is -4.82. The molecule has 0 aliphatic carbocycles. The van der Waals surface area contributed by atoms with Gasteiger partial charge in [0.05, 0.1) is 21.8 Å². The highest BCUT2D eigenvalue weighted by atomic mass is 35.5. The third kappa shape index (κ3) is 4.58. The van der Waals surface area contributed by atoms with Crippen LogP contribution in [0.5, 0.6) is 0 Å². The van der Waals surface area contributed by atoms with E-state index in [0.29, 0.717) is 24.3 Å². The summed E-state index contributed by atoms with van der Waals surface area (Å²) in [6.45, 7) is 0. The molecule has 0 saturated heterocycles. The van der Waals surface area contributed by atoms with Crippen LogP contribution < -0.4 is 4.72 Å². The lowest BCUT2D eigenvalue weighted by Crippen LogP contribution is -2.16. The Labute approximate surface area is 147 Å². The maximum absolute atomic E-state index is 13.3. The zero-order valence-electron chi connectivity index (χ0n) is 12.2. The van der Waals surface area contributed by atoms with Gasteiger partial charge in [0, 0.05) is 0 Å². The van der Waals surface area contributed by atoms with Crippen molar-refractivity contribution in [2.45, 2.75) is 17.2 Å². The van der Waals surface area contributed by atoms with Gasteiger partial charge in [-0.05, 0) is 36.4 Å². The van der Waals surface area contributed by atoms with Crippen LogP contribution in [-0.2, 0) is 22.4 Å². The van der Waals surface area contributed by atoms with Crippen LogP contribution in [0.15, 0.2) is 41.3 Å². The second-order valence-corrected chi connectivity index (χ2v) is 7.03. The molecule has 0 atom stereocenters. The molecule has 12 heteroatoms. The van der Waals surface area contributed by atoms with Crippen LogP contribution >= 0.6 is 11.6 Å². The maximum Gasteiger partial charge on any atom is 0.416 e. The molecule has 0 spiro atoms. The van der Waals surface area contributed by atoms with Crippen LogP contribution in [0.3, 0.4) is 0 Å². The molecule has 0 heterocycles. The number of rotatable bonds is 3. The van der Waals surface area contributed by atoms with Crippen LogP contribution in [0.25, 0.3) is 0 Å². The van der Waals surface area contributed by atoms with Gasteiger partial charge in [-0.2, -0.15) is 26.3 Å². The Kier molecular flexibility index (Phi) is 5.17. The van der Waals surface area contributed by atoms with Crippen molar-refractivity contribution in [1.82, 2.24) is 0 Å². The zero-order valence-corrected chi connectivity index (χ0v) is 13.8. The number of benzene rings is 2. The average molecular weight is 422 g/mol. The SMILES string of the molecule is O=S(=O)(Nc1cc(F)cc(C(F)(F)F)c1)c1cc(C(F)(F)F)ccc1Cl. The minimum absolute atomic E-state index is 0.134. The predicted octanol–water partition coefficient (Wildman–Crippen LogP) is 5.32. The van der Waals surface area contributed by atoms with Gasteiger partial charge in [0.25, 0.3) is 10.0 Å². The number of nitrogens with one attached hydrogen (secondary N) is 1. The molecule has 26 heavy (non-hydrogen) atoms. The first-order valence-corrected chi connectivity index (χ1v) is 8.33. The number of alkyl halides is 6. The molecule has 2 aromatic carbocycles. The third-order valence-electron chi connectivity index (χ3n) is 3.03. The van der Waals surface area contributed by atoms with E-state index in [1.54, 1.807) is 4.72 Å². The van der Waals surface area contributed by atoms with Crippen molar-refractivity contribution >= 4 is 27.3 Å². The first kappa shape index (κ1) is 20.3. The quantitative estimate of drug-likeness (QED) is 0.682. The van der Waals surface area contributed by atoms with E-state index in [-0.39, 0.29) is 12.1 Å². The number of hydrogen-bond donors (Lipinski definition) is 1.